The van der Waals surface area contributed by atoms with Gasteiger partial charge in [0.15, 0.2) is 0 Å². The second-order valence-electron chi connectivity index (χ2n) is 2.69. The number of carbonyl (C=O) groups is 1. The molecule has 0 heterocycles. The van der Waals surface area contributed by atoms with Gasteiger partial charge < -0.3 is 5.32 Å². The molecule has 0 saturated heterocycles. The van der Waals surface area contributed by atoms with E-state index in [1.54, 1.807) is 19.5 Å². The number of thioether (sulfide) groups is 1. The SMILES string of the molecule is C=C(CC(NC)C(C)=O)N=CSC. The number of nitrogens with zero attached hydrogens (tertiary/aromatic N) is 1. The van der Waals surface area contributed by atoms with Crippen LogP contribution in [0.5, 0.6) is 0 Å². The summed E-state index contributed by atoms with van der Waals surface area (Å²) in [5, 5.41) is 2.92. The first-order valence-electron chi connectivity index (χ1n) is 4.02. The molecule has 1 N–H and O–H groups in total. The summed E-state index contributed by atoms with van der Waals surface area (Å²) in [5.41, 5.74) is 2.44. The van der Waals surface area contributed by atoms with E-state index in [2.05, 4.69) is 16.9 Å². The van der Waals surface area contributed by atoms with Gasteiger partial charge in [0.2, 0.25) is 0 Å². The number of nitrogens with one attached hydrogen (secondary N) is 1. The predicted molar refractivity (Wildman–Crippen MR) is 59.3 cm³/mol. The Morgan fingerprint density at radius 3 is 2.77 bits per heavy atom. The van der Waals surface area contributed by atoms with Gasteiger partial charge in [-0.15, -0.1) is 11.8 Å². The van der Waals surface area contributed by atoms with E-state index in [0.29, 0.717) is 6.42 Å². The fourth-order valence-electron chi connectivity index (χ4n) is 0.865. The minimum Gasteiger partial charge on any atom is -0.310 e. The Balaban J connectivity index is 4.01. The smallest absolute Gasteiger partial charge is 0.147 e. The molecule has 13 heavy (non-hydrogen) atoms. The van der Waals surface area contributed by atoms with Crippen molar-refractivity contribution in [3.8, 4) is 0 Å². The highest BCUT2D eigenvalue weighted by Crippen LogP contribution is 2.05. The third-order valence-electron chi connectivity index (χ3n) is 1.62. The number of carbonyl (C=O) groups excluding carboxylic acids is 1. The molecule has 0 fully saturated rings. The predicted octanol–water partition coefficient (Wildman–Crippen LogP) is 1.46. The third kappa shape index (κ3) is 5.60. The lowest BCUT2D eigenvalue weighted by Crippen LogP contribution is -2.32. The number of hydrogen-bond acceptors (Lipinski definition) is 4. The summed E-state index contributed by atoms with van der Waals surface area (Å²) in [5.74, 6) is 0.114. The summed E-state index contributed by atoms with van der Waals surface area (Å²) < 4.78 is 0. The number of likely N-dealkylation sites (N-methyl/N-ethyl adjacent to an activating group) is 1. The highest BCUT2D eigenvalue weighted by molar-refractivity contribution is 8.11. The van der Waals surface area contributed by atoms with Crippen LogP contribution in [0.4, 0.5) is 0 Å². The van der Waals surface area contributed by atoms with Crippen LogP contribution < -0.4 is 5.32 Å². The Morgan fingerprint density at radius 1 is 1.77 bits per heavy atom. The van der Waals surface area contributed by atoms with Gasteiger partial charge in [0.25, 0.3) is 0 Å². The third-order valence-corrected chi connectivity index (χ3v) is 1.94. The summed E-state index contributed by atoms with van der Waals surface area (Å²) in [6, 6.07) is -0.161. The van der Waals surface area contributed by atoms with E-state index in [0.717, 1.165) is 5.70 Å². The average molecular weight is 200 g/mol. The molecular weight excluding hydrogens is 184 g/mol. The minimum atomic E-state index is -0.161. The number of Topliss-reactive ketones (excluding diaryl/α,β-unsaturated/α-hetero) is 1. The average Bonchev–Trinajstić information content (AvgIpc) is 2.10. The Hall–Kier alpha value is -0.610. The number of aliphatic imine (C=N–C) groups is 1. The molecule has 0 aliphatic carbocycles. The zero-order valence-electron chi connectivity index (χ0n) is 8.33. The Kier molecular flexibility index (Phi) is 6.54. The lowest BCUT2D eigenvalue weighted by Gasteiger charge is -2.11. The summed E-state index contributed by atoms with van der Waals surface area (Å²) in [4.78, 5) is 15.1. The van der Waals surface area contributed by atoms with Crippen LogP contribution in [0, 0.1) is 0 Å². The van der Waals surface area contributed by atoms with E-state index >= 15 is 0 Å². The quantitative estimate of drug-likeness (QED) is 0.521. The molecule has 0 bridgehead atoms. The van der Waals surface area contributed by atoms with Crippen LogP contribution in [0.3, 0.4) is 0 Å². The topological polar surface area (TPSA) is 41.5 Å². The van der Waals surface area contributed by atoms with E-state index in [1.807, 2.05) is 6.26 Å². The molecule has 0 radical (unpaired) electrons. The maximum absolute atomic E-state index is 11.0. The van der Waals surface area contributed by atoms with E-state index in [4.69, 9.17) is 0 Å². The van der Waals surface area contributed by atoms with Gasteiger partial charge >= 0.3 is 0 Å². The molecule has 0 aromatic rings. The minimum absolute atomic E-state index is 0.114. The van der Waals surface area contributed by atoms with Gasteiger partial charge in [-0.3, -0.25) is 9.79 Å². The van der Waals surface area contributed by atoms with Crippen LogP contribution in [0.2, 0.25) is 0 Å². The van der Waals surface area contributed by atoms with Crippen molar-refractivity contribution in [1.82, 2.24) is 5.32 Å². The fraction of sp³-hybridized carbons (Fsp3) is 0.556. The van der Waals surface area contributed by atoms with Crippen molar-refractivity contribution >= 4 is 23.1 Å². The molecule has 0 spiro atoms. The molecular formula is C9H16N2OS. The standard InChI is InChI=1S/C9H16N2OS/c1-7(11-6-13-4)5-9(10-3)8(2)12/h6,9-10H,1,5H2,2-4H3. The molecule has 1 unspecified atom stereocenters. The molecule has 74 valence electrons. The van der Waals surface area contributed by atoms with Crippen LogP contribution >= 0.6 is 11.8 Å². The second-order valence-corrected chi connectivity index (χ2v) is 3.37. The van der Waals surface area contributed by atoms with E-state index in [1.165, 1.54) is 11.8 Å². The van der Waals surface area contributed by atoms with Gasteiger partial charge in [-0.1, -0.05) is 6.58 Å². The molecule has 3 nitrogen and oxygen atoms in total. The van der Waals surface area contributed by atoms with Crippen molar-refractivity contribution in [1.29, 1.82) is 0 Å². The molecule has 0 aromatic carbocycles. The van der Waals surface area contributed by atoms with Crippen molar-refractivity contribution in [2.45, 2.75) is 19.4 Å². The fourth-order valence-corrected chi connectivity index (χ4v) is 1.12. The summed E-state index contributed by atoms with van der Waals surface area (Å²) >= 11 is 1.52. The Morgan fingerprint density at radius 2 is 2.38 bits per heavy atom. The van der Waals surface area contributed by atoms with Crippen LogP contribution in [0.25, 0.3) is 0 Å². The summed E-state index contributed by atoms with van der Waals surface area (Å²) in [6.07, 6.45) is 2.50. The molecule has 0 saturated carbocycles. The van der Waals surface area contributed by atoms with E-state index < -0.39 is 0 Å². The Bertz CT molecular complexity index is 214. The van der Waals surface area contributed by atoms with Crippen molar-refractivity contribution < 1.29 is 4.79 Å². The number of hydrogen-bond donors (Lipinski definition) is 1. The van der Waals surface area contributed by atoms with Crippen molar-refractivity contribution in [3.63, 3.8) is 0 Å². The molecule has 0 aliphatic rings. The highest BCUT2D eigenvalue weighted by Gasteiger charge is 2.11. The first-order chi connectivity index (χ1) is 6.11. The second kappa shape index (κ2) is 6.86. The molecule has 0 aliphatic heterocycles. The molecule has 0 amide bonds. The maximum atomic E-state index is 11.0. The van der Waals surface area contributed by atoms with Gasteiger partial charge in [0, 0.05) is 12.1 Å². The van der Waals surface area contributed by atoms with Crippen molar-refractivity contribution in [2.24, 2.45) is 4.99 Å². The van der Waals surface area contributed by atoms with Crippen molar-refractivity contribution in [2.75, 3.05) is 13.3 Å². The summed E-state index contributed by atoms with van der Waals surface area (Å²) in [7, 11) is 1.76. The van der Waals surface area contributed by atoms with Crippen LogP contribution in [-0.4, -0.2) is 30.7 Å². The van der Waals surface area contributed by atoms with E-state index in [-0.39, 0.29) is 11.8 Å². The highest BCUT2D eigenvalue weighted by atomic mass is 32.2. The molecule has 0 aromatic heterocycles. The normalized spacial score (nSPS) is 13.2. The lowest BCUT2D eigenvalue weighted by atomic mass is 10.1. The first kappa shape index (κ1) is 12.4. The van der Waals surface area contributed by atoms with Crippen LogP contribution in [0.1, 0.15) is 13.3 Å². The van der Waals surface area contributed by atoms with E-state index in [9.17, 15) is 4.79 Å². The zero-order chi connectivity index (χ0) is 10.3. The molecule has 4 heteroatoms. The lowest BCUT2D eigenvalue weighted by molar-refractivity contribution is -0.118. The van der Waals surface area contributed by atoms with Gasteiger partial charge in [-0.05, 0) is 20.2 Å². The zero-order valence-corrected chi connectivity index (χ0v) is 9.15. The monoisotopic (exact) mass is 200 g/mol. The van der Waals surface area contributed by atoms with Gasteiger partial charge in [0.1, 0.15) is 5.78 Å². The van der Waals surface area contributed by atoms with Crippen LogP contribution in [-0.2, 0) is 4.79 Å². The largest absolute Gasteiger partial charge is 0.310 e. The molecule has 0 rings (SSSR count). The van der Waals surface area contributed by atoms with Crippen molar-refractivity contribution in [3.05, 3.63) is 12.3 Å². The number of rotatable bonds is 6. The van der Waals surface area contributed by atoms with Gasteiger partial charge in [-0.25, -0.2) is 0 Å². The maximum Gasteiger partial charge on any atom is 0.147 e. The first-order valence-corrected chi connectivity index (χ1v) is 5.31. The van der Waals surface area contributed by atoms with Gasteiger partial charge in [0.05, 0.1) is 11.6 Å². The summed E-state index contributed by atoms with van der Waals surface area (Å²) in [6.45, 7) is 5.32. The molecule has 1 atom stereocenters. The van der Waals surface area contributed by atoms with Gasteiger partial charge in [-0.2, -0.15) is 0 Å². The van der Waals surface area contributed by atoms with Crippen LogP contribution in [0.15, 0.2) is 17.3 Å². The Labute approximate surface area is 83.7 Å². The number of ketones is 1.